The van der Waals surface area contributed by atoms with Crippen LogP contribution in [0.5, 0.6) is 0 Å². The normalized spacial score (nSPS) is 27.2. The quantitative estimate of drug-likeness (QED) is 0.627. The van der Waals surface area contributed by atoms with Gasteiger partial charge in [-0.2, -0.15) is 0 Å². The smallest absolute Gasteiger partial charge is 0.00899 e. The summed E-state index contributed by atoms with van der Waals surface area (Å²) in [4.78, 5) is 0. The van der Waals surface area contributed by atoms with Crippen molar-refractivity contribution in [3.8, 4) is 0 Å². The molecule has 2 aliphatic rings. The standard InChI is InChI=1S/C22H24/c1-15(2)18-13-17-9-6-12-21(22(17)14-18)20-11-5-8-16-7-3-4-10-19(16)20/h3-12,15,17-18,22H,13-14H2,1-2H3. The Morgan fingerprint density at radius 1 is 0.955 bits per heavy atom. The minimum absolute atomic E-state index is 0.711. The van der Waals surface area contributed by atoms with E-state index in [1.165, 1.54) is 29.2 Å². The summed E-state index contributed by atoms with van der Waals surface area (Å²) in [6.45, 7) is 4.76. The lowest BCUT2D eigenvalue weighted by Crippen LogP contribution is -2.11. The first-order chi connectivity index (χ1) is 10.7. The van der Waals surface area contributed by atoms with Crippen LogP contribution in [0.15, 0.2) is 60.7 Å². The van der Waals surface area contributed by atoms with Gasteiger partial charge >= 0.3 is 0 Å². The third-order valence-corrected chi connectivity index (χ3v) is 5.73. The molecular formula is C22H24. The van der Waals surface area contributed by atoms with Crippen LogP contribution in [0.25, 0.3) is 16.3 Å². The summed E-state index contributed by atoms with van der Waals surface area (Å²) < 4.78 is 0. The molecule has 3 unspecified atom stereocenters. The number of benzene rings is 2. The fourth-order valence-electron chi connectivity index (χ4n) is 4.42. The molecule has 0 N–H and O–H groups in total. The van der Waals surface area contributed by atoms with Crippen LogP contribution in [-0.4, -0.2) is 0 Å². The van der Waals surface area contributed by atoms with E-state index in [1.54, 1.807) is 5.57 Å². The van der Waals surface area contributed by atoms with Crippen molar-refractivity contribution in [1.29, 1.82) is 0 Å². The molecule has 0 aliphatic heterocycles. The van der Waals surface area contributed by atoms with E-state index < -0.39 is 0 Å². The van der Waals surface area contributed by atoms with Crippen molar-refractivity contribution in [1.82, 2.24) is 0 Å². The zero-order chi connectivity index (χ0) is 15.1. The topological polar surface area (TPSA) is 0 Å². The molecule has 22 heavy (non-hydrogen) atoms. The van der Waals surface area contributed by atoms with Gasteiger partial charge in [0.05, 0.1) is 0 Å². The molecule has 2 aromatic carbocycles. The molecule has 1 fully saturated rings. The zero-order valence-corrected chi connectivity index (χ0v) is 13.5. The van der Waals surface area contributed by atoms with E-state index in [2.05, 4.69) is 74.5 Å². The number of hydrogen-bond acceptors (Lipinski definition) is 0. The molecule has 0 heterocycles. The minimum Gasteiger partial charge on any atom is -0.0808 e. The van der Waals surface area contributed by atoms with Crippen LogP contribution in [0.2, 0.25) is 0 Å². The second-order valence-corrected chi connectivity index (χ2v) is 7.28. The van der Waals surface area contributed by atoms with E-state index in [-0.39, 0.29) is 0 Å². The lowest BCUT2D eigenvalue weighted by atomic mass is 9.80. The van der Waals surface area contributed by atoms with E-state index in [0.717, 1.165) is 17.8 Å². The van der Waals surface area contributed by atoms with Crippen molar-refractivity contribution in [2.45, 2.75) is 26.7 Å². The predicted octanol–water partition coefficient (Wildman–Crippen LogP) is 6.09. The summed E-state index contributed by atoms with van der Waals surface area (Å²) in [6, 6.07) is 15.5. The van der Waals surface area contributed by atoms with Crippen LogP contribution in [0.4, 0.5) is 0 Å². The Bertz CT molecular complexity index is 742. The maximum Gasteiger partial charge on any atom is -0.00899 e. The summed E-state index contributed by atoms with van der Waals surface area (Å²) >= 11 is 0. The van der Waals surface area contributed by atoms with Crippen LogP contribution < -0.4 is 0 Å². The molecule has 2 aromatic rings. The molecule has 3 atom stereocenters. The second kappa shape index (κ2) is 5.43. The molecule has 2 aliphatic carbocycles. The van der Waals surface area contributed by atoms with Crippen LogP contribution in [0, 0.1) is 23.7 Å². The van der Waals surface area contributed by atoms with Crippen LogP contribution in [0.1, 0.15) is 32.3 Å². The van der Waals surface area contributed by atoms with Gasteiger partial charge in [0.25, 0.3) is 0 Å². The predicted molar refractivity (Wildman–Crippen MR) is 95.6 cm³/mol. The van der Waals surface area contributed by atoms with Gasteiger partial charge in [0, 0.05) is 0 Å². The van der Waals surface area contributed by atoms with Gasteiger partial charge in [0.1, 0.15) is 0 Å². The molecule has 4 rings (SSSR count). The number of allylic oxidation sites excluding steroid dienone is 4. The first-order valence-electron chi connectivity index (χ1n) is 8.60. The fraction of sp³-hybridized carbons (Fsp3) is 0.364. The number of fused-ring (bicyclic) bond motifs is 2. The zero-order valence-electron chi connectivity index (χ0n) is 13.5. The van der Waals surface area contributed by atoms with Crippen LogP contribution >= 0.6 is 0 Å². The molecule has 0 amide bonds. The average molecular weight is 288 g/mol. The van der Waals surface area contributed by atoms with Crippen molar-refractivity contribution in [2.75, 3.05) is 0 Å². The van der Waals surface area contributed by atoms with Gasteiger partial charge in [-0.25, -0.2) is 0 Å². The maximum absolute atomic E-state index is 2.45. The molecule has 0 heteroatoms. The third-order valence-electron chi connectivity index (χ3n) is 5.73. The lowest BCUT2D eigenvalue weighted by Gasteiger charge is -2.24. The van der Waals surface area contributed by atoms with Gasteiger partial charge in [-0.15, -0.1) is 0 Å². The molecular weight excluding hydrogens is 264 g/mol. The Balaban J connectivity index is 1.78. The van der Waals surface area contributed by atoms with Crippen molar-refractivity contribution in [3.05, 3.63) is 66.3 Å². The molecule has 0 radical (unpaired) electrons. The maximum atomic E-state index is 2.45. The summed E-state index contributed by atoms with van der Waals surface area (Å²) in [5, 5.41) is 2.75. The van der Waals surface area contributed by atoms with Crippen molar-refractivity contribution in [2.24, 2.45) is 23.7 Å². The Kier molecular flexibility index (Phi) is 3.41. The number of rotatable bonds is 2. The SMILES string of the molecule is CC(C)C1CC2C=CC=C(c3cccc4ccccc34)C2C1. The monoisotopic (exact) mass is 288 g/mol. The Morgan fingerprint density at radius 2 is 1.77 bits per heavy atom. The van der Waals surface area contributed by atoms with Crippen LogP contribution in [-0.2, 0) is 0 Å². The highest BCUT2D eigenvalue weighted by Crippen LogP contribution is 2.49. The van der Waals surface area contributed by atoms with Gasteiger partial charge in [0.2, 0.25) is 0 Å². The molecule has 0 bridgehead atoms. The highest BCUT2D eigenvalue weighted by molar-refractivity contribution is 5.94. The van der Waals surface area contributed by atoms with E-state index >= 15 is 0 Å². The summed E-state index contributed by atoms with van der Waals surface area (Å²) in [7, 11) is 0. The first-order valence-corrected chi connectivity index (χ1v) is 8.60. The minimum atomic E-state index is 0.711. The van der Waals surface area contributed by atoms with Gasteiger partial charge in [-0.3, -0.25) is 0 Å². The van der Waals surface area contributed by atoms with E-state index in [1.807, 2.05) is 0 Å². The molecule has 1 saturated carbocycles. The highest BCUT2D eigenvalue weighted by Gasteiger charge is 2.37. The van der Waals surface area contributed by atoms with Gasteiger partial charge in [-0.05, 0) is 58.4 Å². The molecule has 0 spiro atoms. The van der Waals surface area contributed by atoms with E-state index in [4.69, 9.17) is 0 Å². The van der Waals surface area contributed by atoms with E-state index in [0.29, 0.717) is 5.92 Å². The fourth-order valence-corrected chi connectivity index (χ4v) is 4.42. The Morgan fingerprint density at radius 3 is 2.64 bits per heavy atom. The van der Waals surface area contributed by atoms with Crippen LogP contribution in [0.3, 0.4) is 0 Å². The van der Waals surface area contributed by atoms with Gasteiger partial charge in [0.15, 0.2) is 0 Å². The summed E-state index contributed by atoms with van der Waals surface area (Å²) in [5.41, 5.74) is 3.01. The molecule has 112 valence electrons. The van der Waals surface area contributed by atoms with Gasteiger partial charge < -0.3 is 0 Å². The number of hydrogen-bond donors (Lipinski definition) is 0. The van der Waals surface area contributed by atoms with Gasteiger partial charge in [-0.1, -0.05) is 74.5 Å². The highest BCUT2D eigenvalue weighted by atomic mass is 14.4. The first kappa shape index (κ1) is 13.8. The van der Waals surface area contributed by atoms with Crippen molar-refractivity contribution in [3.63, 3.8) is 0 Å². The lowest BCUT2D eigenvalue weighted by molar-refractivity contribution is 0.386. The Labute approximate surface area is 133 Å². The second-order valence-electron chi connectivity index (χ2n) is 7.28. The van der Waals surface area contributed by atoms with Crippen molar-refractivity contribution < 1.29 is 0 Å². The summed E-state index contributed by atoms with van der Waals surface area (Å²) in [5.74, 6) is 3.12. The largest absolute Gasteiger partial charge is 0.0808 e. The molecule has 0 nitrogen and oxygen atoms in total. The molecule has 0 saturated heterocycles. The Hall–Kier alpha value is -1.82. The van der Waals surface area contributed by atoms with Crippen molar-refractivity contribution >= 4 is 16.3 Å². The molecule has 0 aromatic heterocycles. The van der Waals surface area contributed by atoms with E-state index in [9.17, 15) is 0 Å². The average Bonchev–Trinajstić information content (AvgIpc) is 2.99. The summed E-state index contributed by atoms with van der Waals surface area (Å²) in [6.07, 6.45) is 9.82. The third kappa shape index (κ3) is 2.22.